The van der Waals surface area contributed by atoms with Gasteiger partial charge in [-0.15, -0.1) is 0 Å². The molecule has 4 rings (SSSR count). The molecule has 0 aliphatic heterocycles. The van der Waals surface area contributed by atoms with Crippen LogP contribution in [0.15, 0.2) is 63.7 Å². The van der Waals surface area contributed by atoms with Crippen molar-refractivity contribution in [3.8, 4) is 28.6 Å². The Bertz CT molecular complexity index is 1340. The Kier molecular flexibility index (Phi) is 7.89. The molecule has 0 aliphatic carbocycles. The molecule has 0 radical (unpaired) electrons. The first kappa shape index (κ1) is 26.6. The molecule has 0 saturated carbocycles. The second-order valence-electron chi connectivity index (χ2n) is 8.06. The van der Waals surface area contributed by atoms with Gasteiger partial charge >= 0.3 is 6.18 Å². The van der Waals surface area contributed by atoms with Gasteiger partial charge in [-0.2, -0.15) is 18.2 Å². The van der Waals surface area contributed by atoms with Gasteiger partial charge in [-0.1, -0.05) is 5.16 Å². The van der Waals surface area contributed by atoms with E-state index in [9.17, 15) is 18.0 Å². The van der Waals surface area contributed by atoms with Gasteiger partial charge in [-0.3, -0.25) is 4.79 Å². The number of amides is 1. The summed E-state index contributed by atoms with van der Waals surface area (Å²) in [5.74, 6) is 1.80. The predicted octanol–water partition coefficient (Wildman–Crippen LogP) is 5.26. The molecule has 4 aromatic rings. The summed E-state index contributed by atoms with van der Waals surface area (Å²) in [5, 5.41) is 4.02. The molecule has 12 heteroatoms. The quantitative estimate of drug-likeness (QED) is 0.273. The number of ether oxygens (including phenoxy) is 3. The lowest BCUT2D eigenvalue weighted by Gasteiger charge is -2.21. The zero-order chi connectivity index (χ0) is 27.3. The fourth-order valence-electron chi connectivity index (χ4n) is 3.74. The number of aromatic nitrogens is 2. The molecule has 0 aliphatic rings. The zero-order valence-electron chi connectivity index (χ0n) is 20.7. The first-order chi connectivity index (χ1) is 18.2. The highest BCUT2D eigenvalue weighted by Gasteiger charge is 2.30. The van der Waals surface area contributed by atoms with Gasteiger partial charge in [0.15, 0.2) is 11.5 Å². The maximum Gasteiger partial charge on any atom is 0.416 e. The fraction of sp³-hybridized carbons (Fsp3) is 0.269. The lowest BCUT2D eigenvalue weighted by molar-refractivity contribution is -0.137. The number of benzene rings is 2. The summed E-state index contributed by atoms with van der Waals surface area (Å²) in [6.45, 7) is 0.234. The first-order valence-electron chi connectivity index (χ1n) is 11.4. The Labute approximate surface area is 215 Å². The number of hydrogen-bond acceptors (Lipinski definition) is 8. The monoisotopic (exact) mass is 531 g/mol. The SMILES string of the molecule is COc1cc(-c2noc(CCN(Cc3ccco3)C(=O)c3ccc(C(F)(F)F)cc3)n2)cc(OC)c1OC. The Hall–Kier alpha value is -4.48. The normalized spacial score (nSPS) is 11.3. The maximum absolute atomic E-state index is 13.2. The predicted molar refractivity (Wildman–Crippen MR) is 128 cm³/mol. The van der Waals surface area contributed by atoms with Gasteiger partial charge in [0.25, 0.3) is 5.91 Å². The van der Waals surface area contributed by atoms with Gasteiger partial charge in [0, 0.05) is 24.1 Å². The number of halogens is 3. The van der Waals surface area contributed by atoms with Crippen LogP contribution in [-0.2, 0) is 19.1 Å². The molecular weight excluding hydrogens is 507 g/mol. The van der Waals surface area contributed by atoms with Gasteiger partial charge in [-0.05, 0) is 48.5 Å². The van der Waals surface area contributed by atoms with Crippen LogP contribution in [0.3, 0.4) is 0 Å². The van der Waals surface area contributed by atoms with E-state index in [1.54, 1.807) is 24.3 Å². The van der Waals surface area contributed by atoms with E-state index in [2.05, 4.69) is 10.1 Å². The average molecular weight is 531 g/mol. The number of rotatable bonds is 10. The van der Waals surface area contributed by atoms with E-state index in [4.69, 9.17) is 23.2 Å². The molecule has 0 atom stereocenters. The third-order valence-electron chi connectivity index (χ3n) is 5.66. The Morgan fingerprint density at radius 2 is 1.68 bits per heavy atom. The molecule has 2 heterocycles. The summed E-state index contributed by atoms with van der Waals surface area (Å²) in [4.78, 5) is 19.0. The van der Waals surface area contributed by atoms with Gasteiger partial charge in [-0.25, -0.2) is 0 Å². The molecule has 200 valence electrons. The van der Waals surface area contributed by atoms with Crippen LogP contribution in [0.5, 0.6) is 17.2 Å². The van der Waals surface area contributed by atoms with Crippen LogP contribution in [0.1, 0.15) is 27.6 Å². The summed E-state index contributed by atoms with van der Waals surface area (Å²) in [6, 6.07) is 10.8. The largest absolute Gasteiger partial charge is 0.493 e. The second kappa shape index (κ2) is 11.3. The summed E-state index contributed by atoms with van der Waals surface area (Å²) in [6.07, 6.45) is -2.84. The molecule has 2 aromatic carbocycles. The van der Waals surface area contributed by atoms with Crippen LogP contribution in [0.25, 0.3) is 11.4 Å². The van der Waals surface area contributed by atoms with Crippen molar-refractivity contribution in [2.24, 2.45) is 0 Å². The van der Waals surface area contributed by atoms with Gasteiger partial charge in [0.05, 0.1) is 39.7 Å². The highest BCUT2D eigenvalue weighted by atomic mass is 19.4. The van der Waals surface area contributed by atoms with E-state index in [0.717, 1.165) is 24.3 Å². The van der Waals surface area contributed by atoms with E-state index in [1.165, 1.54) is 32.5 Å². The zero-order valence-corrected chi connectivity index (χ0v) is 20.7. The molecule has 1 amide bonds. The highest BCUT2D eigenvalue weighted by Crippen LogP contribution is 2.40. The minimum absolute atomic E-state index is 0.0979. The smallest absolute Gasteiger partial charge is 0.416 e. The Morgan fingerprint density at radius 3 is 2.24 bits per heavy atom. The topological polar surface area (TPSA) is 100 Å². The third-order valence-corrected chi connectivity index (χ3v) is 5.66. The second-order valence-corrected chi connectivity index (χ2v) is 8.06. The number of methoxy groups -OCH3 is 3. The minimum Gasteiger partial charge on any atom is -0.493 e. The standard InChI is InChI=1S/C26H24F3N3O6/c1-34-20-13-17(14-21(35-2)23(20)36-3)24-30-22(38-31-24)10-11-32(15-19-5-4-12-37-19)25(33)16-6-8-18(9-7-16)26(27,28)29/h4-9,12-14H,10-11,15H2,1-3H3. The van der Waals surface area contributed by atoms with E-state index in [-0.39, 0.29) is 36.8 Å². The summed E-state index contributed by atoms with van der Waals surface area (Å²) in [5.41, 5.74) is -0.173. The average Bonchev–Trinajstić information content (AvgIpc) is 3.61. The van der Waals surface area contributed by atoms with E-state index < -0.39 is 17.6 Å². The fourth-order valence-corrected chi connectivity index (χ4v) is 3.74. The van der Waals surface area contributed by atoms with E-state index in [1.807, 2.05) is 0 Å². The van der Waals surface area contributed by atoms with Crippen molar-refractivity contribution in [3.63, 3.8) is 0 Å². The molecule has 0 N–H and O–H groups in total. The molecule has 2 aromatic heterocycles. The van der Waals surface area contributed by atoms with Crippen molar-refractivity contribution in [3.05, 3.63) is 77.6 Å². The minimum atomic E-state index is -4.50. The van der Waals surface area contributed by atoms with Crippen LogP contribution in [0.4, 0.5) is 13.2 Å². The lowest BCUT2D eigenvalue weighted by Crippen LogP contribution is -2.32. The summed E-state index contributed by atoms with van der Waals surface area (Å²) < 4.78 is 65.6. The number of carbonyl (C=O) groups excluding carboxylic acids is 1. The van der Waals surface area contributed by atoms with Crippen molar-refractivity contribution < 1.29 is 41.1 Å². The molecule has 0 fully saturated rings. The highest BCUT2D eigenvalue weighted by molar-refractivity contribution is 5.94. The third kappa shape index (κ3) is 5.90. The Morgan fingerprint density at radius 1 is 1.00 bits per heavy atom. The van der Waals surface area contributed by atoms with E-state index >= 15 is 0 Å². The number of nitrogens with zero attached hydrogens (tertiary/aromatic N) is 3. The van der Waals surface area contributed by atoms with Crippen molar-refractivity contribution in [2.45, 2.75) is 19.1 Å². The van der Waals surface area contributed by atoms with Crippen LogP contribution in [0.2, 0.25) is 0 Å². The number of carbonyl (C=O) groups is 1. The summed E-state index contributed by atoms with van der Waals surface area (Å²) >= 11 is 0. The maximum atomic E-state index is 13.2. The van der Waals surface area contributed by atoms with Crippen LogP contribution < -0.4 is 14.2 Å². The molecule has 0 unspecified atom stereocenters. The summed E-state index contributed by atoms with van der Waals surface area (Å²) in [7, 11) is 4.47. The molecule has 0 bridgehead atoms. The molecule has 0 spiro atoms. The molecule has 0 saturated heterocycles. The molecular formula is C26H24F3N3O6. The first-order valence-corrected chi connectivity index (χ1v) is 11.4. The van der Waals surface area contributed by atoms with Crippen LogP contribution in [0, 0.1) is 0 Å². The van der Waals surface area contributed by atoms with Gasteiger partial charge in [0.1, 0.15) is 5.76 Å². The number of furan rings is 1. The van der Waals surface area contributed by atoms with E-state index in [0.29, 0.717) is 28.6 Å². The van der Waals surface area contributed by atoms with Crippen molar-refractivity contribution in [1.82, 2.24) is 15.0 Å². The van der Waals surface area contributed by atoms with Crippen LogP contribution >= 0.6 is 0 Å². The Balaban J connectivity index is 1.53. The van der Waals surface area contributed by atoms with Crippen LogP contribution in [-0.4, -0.2) is 48.8 Å². The lowest BCUT2D eigenvalue weighted by atomic mass is 10.1. The molecule has 9 nitrogen and oxygen atoms in total. The van der Waals surface area contributed by atoms with Gasteiger partial charge in [0.2, 0.25) is 17.5 Å². The van der Waals surface area contributed by atoms with Crippen molar-refractivity contribution in [1.29, 1.82) is 0 Å². The van der Waals surface area contributed by atoms with Crippen molar-refractivity contribution in [2.75, 3.05) is 27.9 Å². The van der Waals surface area contributed by atoms with Crippen molar-refractivity contribution >= 4 is 5.91 Å². The number of alkyl halides is 3. The van der Waals surface area contributed by atoms with Gasteiger partial charge < -0.3 is 28.1 Å². The molecule has 38 heavy (non-hydrogen) atoms. The number of hydrogen-bond donors (Lipinski definition) is 0.